The number of fused-ring (bicyclic) bond motifs is 1. The van der Waals surface area contributed by atoms with Gasteiger partial charge in [0.1, 0.15) is 5.82 Å². The zero-order valence-electron chi connectivity index (χ0n) is 15.5. The minimum atomic E-state index is 0.812. The highest BCUT2D eigenvalue weighted by Crippen LogP contribution is 2.33. The molecule has 0 spiro atoms. The lowest BCUT2D eigenvalue weighted by Gasteiger charge is -2.22. The molecule has 1 aliphatic rings. The van der Waals surface area contributed by atoms with Gasteiger partial charge in [-0.2, -0.15) is 0 Å². The van der Waals surface area contributed by atoms with Crippen LogP contribution in [0.2, 0.25) is 0 Å². The molecule has 0 aliphatic carbocycles. The fourth-order valence-electron chi connectivity index (χ4n) is 3.93. The second kappa shape index (κ2) is 7.24. The van der Waals surface area contributed by atoms with Crippen molar-refractivity contribution >= 4 is 5.57 Å². The molecule has 0 saturated carbocycles. The maximum absolute atomic E-state index is 4.50. The first-order valence-corrected chi connectivity index (χ1v) is 9.55. The Kier molecular flexibility index (Phi) is 4.30. The number of nitrogens with zero attached hydrogens (tertiary/aromatic N) is 4. The fourth-order valence-corrected chi connectivity index (χ4v) is 3.93. The number of allylic oxidation sites excluding steroid dienone is 1. The van der Waals surface area contributed by atoms with E-state index in [2.05, 4.69) is 80.4 Å². The van der Waals surface area contributed by atoms with Crippen LogP contribution in [0, 0.1) is 0 Å². The predicted octanol–water partition coefficient (Wildman–Crippen LogP) is 4.79. The van der Waals surface area contributed by atoms with Gasteiger partial charge in [0.2, 0.25) is 0 Å². The van der Waals surface area contributed by atoms with E-state index in [1.54, 1.807) is 6.20 Å². The van der Waals surface area contributed by atoms with Crippen LogP contribution in [-0.2, 0) is 13.0 Å². The Morgan fingerprint density at radius 3 is 2.14 bits per heavy atom. The third-order valence-corrected chi connectivity index (χ3v) is 5.23. The molecule has 3 heterocycles. The standard InChI is InChI=1S/C24H20N4/c1-3-8-18(9-4-1)23(19-10-5-2-6-11-19)20-13-15-28-22(16-20)26-27-24(28)21-12-7-14-25-17-21/h1-12,14,17H,13,15-16H2. The van der Waals surface area contributed by atoms with Crippen LogP contribution in [0.1, 0.15) is 23.4 Å². The third kappa shape index (κ3) is 3.03. The van der Waals surface area contributed by atoms with Crippen molar-refractivity contribution in [3.63, 3.8) is 0 Å². The topological polar surface area (TPSA) is 43.6 Å². The molecular weight excluding hydrogens is 344 g/mol. The highest BCUT2D eigenvalue weighted by atomic mass is 15.3. The summed E-state index contributed by atoms with van der Waals surface area (Å²) in [4.78, 5) is 4.22. The van der Waals surface area contributed by atoms with Gasteiger partial charge in [-0.1, -0.05) is 66.2 Å². The van der Waals surface area contributed by atoms with Gasteiger partial charge in [-0.3, -0.25) is 4.98 Å². The summed E-state index contributed by atoms with van der Waals surface area (Å²) in [5.74, 6) is 1.92. The Balaban J connectivity index is 1.59. The van der Waals surface area contributed by atoms with Crippen molar-refractivity contribution < 1.29 is 0 Å². The number of hydrogen-bond donors (Lipinski definition) is 0. The first kappa shape index (κ1) is 16.6. The van der Waals surface area contributed by atoms with Crippen LogP contribution in [0.25, 0.3) is 17.0 Å². The molecule has 2 aromatic heterocycles. The summed E-state index contributed by atoms with van der Waals surface area (Å²) < 4.78 is 2.23. The van der Waals surface area contributed by atoms with Crippen LogP contribution >= 0.6 is 0 Å². The molecule has 2 aromatic carbocycles. The Bertz CT molecular complexity index is 1070. The largest absolute Gasteiger partial charge is 0.310 e. The molecule has 5 rings (SSSR count). The summed E-state index contributed by atoms with van der Waals surface area (Å²) in [5, 5.41) is 8.96. The van der Waals surface area contributed by atoms with Gasteiger partial charge >= 0.3 is 0 Å². The van der Waals surface area contributed by atoms with E-state index >= 15 is 0 Å². The molecule has 0 fully saturated rings. The second-order valence-electron chi connectivity index (χ2n) is 6.97. The van der Waals surface area contributed by atoms with Crippen molar-refractivity contribution in [1.82, 2.24) is 19.7 Å². The third-order valence-electron chi connectivity index (χ3n) is 5.23. The SMILES string of the molecule is c1ccc(C(=C2CCn3c(nnc3-c3cccnc3)C2)c2ccccc2)cc1. The van der Waals surface area contributed by atoms with Crippen molar-refractivity contribution in [1.29, 1.82) is 0 Å². The van der Waals surface area contributed by atoms with Gasteiger partial charge in [0.25, 0.3) is 0 Å². The van der Waals surface area contributed by atoms with Gasteiger partial charge in [0.15, 0.2) is 5.82 Å². The molecule has 136 valence electrons. The summed E-state index contributed by atoms with van der Waals surface area (Å²) >= 11 is 0. The van der Waals surface area contributed by atoms with Crippen LogP contribution in [0.3, 0.4) is 0 Å². The van der Waals surface area contributed by atoms with Crippen molar-refractivity contribution in [3.05, 3.63) is 108 Å². The summed E-state index contributed by atoms with van der Waals surface area (Å²) in [6.45, 7) is 0.880. The van der Waals surface area contributed by atoms with E-state index in [0.717, 1.165) is 36.6 Å². The zero-order chi connectivity index (χ0) is 18.8. The second-order valence-corrected chi connectivity index (χ2v) is 6.97. The lowest BCUT2D eigenvalue weighted by atomic mass is 9.88. The monoisotopic (exact) mass is 364 g/mol. The van der Waals surface area contributed by atoms with E-state index in [1.165, 1.54) is 22.3 Å². The maximum Gasteiger partial charge on any atom is 0.165 e. The Labute approximate surface area is 164 Å². The molecule has 0 bridgehead atoms. The van der Waals surface area contributed by atoms with Crippen molar-refractivity contribution in [2.45, 2.75) is 19.4 Å². The van der Waals surface area contributed by atoms with Gasteiger partial charge < -0.3 is 4.57 Å². The van der Waals surface area contributed by atoms with E-state index in [9.17, 15) is 0 Å². The van der Waals surface area contributed by atoms with Crippen LogP contribution in [0.5, 0.6) is 0 Å². The number of pyridine rings is 1. The zero-order valence-corrected chi connectivity index (χ0v) is 15.5. The Morgan fingerprint density at radius 1 is 0.786 bits per heavy atom. The van der Waals surface area contributed by atoms with Gasteiger partial charge in [-0.05, 0) is 35.3 Å². The van der Waals surface area contributed by atoms with E-state index in [0.29, 0.717) is 0 Å². The van der Waals surface area contributed by atoms with E-state index in [-0.39, 0.29) is 0 Å². The molecule has 4 heteroatoms. The average molecular weight is 364 g/mol. The predicted molar refractivity (Wildman–Crippen MR) is 110 cm³/mol. The molecule has 4 aromatic rings. The van der Waals surface area contributed by atoms with Crippen LogP contribution in [0.4, 0.5) is 0 Å². The maximum atomic E-state index is 4.50. The van der Waals surface area contributed by atoms with E-state index in [1.807, 2.05) is 18.3 Å². The van der Waals surface area contributed by atoms with Gasteiger partial charge in [0.05, 0.1) is 0 Å². The number of aromatic nitrogens is 4. The molecule has 4 nitrogen and oxygen atoms in total. The minimum Gasteiger partial charge on any atom is -0.310 e. The molecular formula is C24H20N4. The summed E-state index contributed by atoms with van der Waals surface area (Å²) in [6.07, 6.45) is 5.43. The summed E-state index contributed by atoms with van der Waals surface area (Å²) in [7, 11) is 0. The van der Waals surface area contributed by atoms with Crippen LogP contribution < -0.4 is 0 Å². The molecule has 0 radical (unpaired) electrons. The summed E-state index contributed by atoms with van der Waals surface area (Å²) in [6, 6.07) is 25.3. The highest BCUT2D eigenvalue weighted by molar-refractivity contribution is 5.82. The van der Waals surface area contributed by atoms with Gasteiger partial charge in [-0.15, -0.1) is 10.2 Å². The number of benzene rings is 2. The van der Waals surface area contributed by atoms with Crippen molar-refractivity contribution in [2.75, 3.05) is 0 Å². The Hall–Kier alpha value is -3.53. The normalized spacial score (nSPS) is 13.2. The Morgan fingerprint density at radius 2 is 1.50 bits per heavy atom. The molecule has 0 atom stereocenters. The first-order valence-electron chi connectivity index (χ1n) is 9.55. The summed E-state index contributed by atoms with van der Waals surface area (Å²) in [5.41, 5.74) is 6.25. The molecule has 0 saturated heterocycles. The molecule has 0 unspecified atom stereocenters. The molecule has 0 N–H and O–H groups in total. The lowest BCUT2D eigenvalue weighted by Crippen LogP contribution is -2.15. The average Bonchev–Trinajstić information content (AvgIpc) is 3.19. The van der Waals surface area contributed by atoms with Crippen molar-refractivity contribution in [3.8, 4) is 11.4 Å². The lowest BCUT2D eigenvalue weighted by molar-refractivity contribution is 0.609. The smallest absolute Gasteiger partial charge is 0.165 e. The highest BCUT2D eigenvalue weighted by Gasteiger charge is 2.23. The van der Waals surface area contributed by atoms with Crippen LogP contribution in [0.15, 0.2) is 90.8 Å². The van der Waals surface area contributed by atoms with Gasteiger partial charge in [-0.25, -0.2) is 0 Å². The molecule has 1 aliphatic heterocycles. The molecule has 28 heavy (non-hydrogen) atoms. The van der Waals surface area contributed by atoms with Crippen LogP contribution in [-0.4, -0.2) is 19.7 Å². The first-order chi connectivity index (χ1) is 13.9. The fraction of sp³-hybridized carbons (Fsp3) is 0.125. The van der Waals surface area contributed by atoms with Crippen molar-refractivity contribution in [2.24, 2.45) is 0 Å². The quantitative estimate of drug-likeness (QED) is 0.525. The minimum absolute atomic E-state index is 0.812. The molecule has 0 amide bonds. The van der Waals surface area contributed by atoms with E-state index in [4.69, 9.17) is 0 Å². The van der Waals surface area contributed by atoms with E-state index < -0.39 is 0 Å². The number of hydrogen-bond acceptors (Lipinski definition) is 3. The number of rotatable bonds is 3. The van der Waals surface area contributed by atoms with Gasteiger partial charge in [0, 0.05) is 30.9 Å².